The molecule has 2 aliphatic heterocycles. The number of carbonyl (C=O) groups excluding carboxylic acids is 2. The second kappa shape index (κ2) is 8.19. The largest absolute Gasteiger partial charge is 0.290 e. The van der Waals surface area contributed by atoms with E-state index in [4.69, 9.17) is 4.84 Å². The molecule has 0 spiro atoms. The zero-order chi connectivity index (χ0) is 21.4. The van der Waals surface area contributed by atoms with Crippen LogP contribution in [0, 0.1) is 5.92 Å². The number of benzene rings is 1. The highest BCUT2D eigenvalue weighted by Crippen LogP contribution is 2.49. The molecule has 0 aliphatic carbocycles. The van der Waals surface area contributed by atoms with E-state index in [1.807, 2.05) is 18.2 Å². The summed E-state index contributed by atoms with van der Waals surface area (Å²) >= 11 is 0. The van der Waals surface area contributed by atoms with E-state index in [0.717, 1.165) is 24.8 Å². The van der Waals surface area contributed by atoms with Gasteiger partial charge in [0, 0.05) is 30.0 Å². The molecule has 0 aromatic heterocycles. The third-order valence-electron chi connectivity index (χ3n) is 7.59. The van der Waals surface area contributed by atoms with Crippen LogP contribution in [0.3, 0.4) is 0 Å². The van der Waals surface area contributed by atoms with E-state index in [1.165, 1.54) is 0 Å². The normalized spacial score (nSPS) is 34.6. The molecule has 160 valence electrons. The smallest absolute Gasteiger partial charge is 0.229 e. The van der Waals surface area contributed by atoms with Gasteiger partial charge in [0.2, 0.25) is 11.8 Å². The number of hydrogen-bond acceptors (Lipinski definition) is 4. The third-order valence-corrected chi connectivity index (χ3v) is 7.59. The lowest BCUT2D eigenvalue weighted by Crippen LogP contribution is -2.70. The first-order valence-corrected chi connectivity index (χ1v) is 11.0. The Hall–Kier alpha value is -1.72. The predicted molar refractivity (Wildman–Crippen MR) is 114 cm³/mol. The fourth-order valence-electron chi connectivity index (χ4n) is 5.15. The van der Waals surface area contributed by atoms with Gasteiger partial charge >= 0.3 is 0 Å². The van der Waals surface area contributed by atoms with Gasteiger partial charge in [-0.2, -0.15) is 5.06 Å². The lowest BCUT2D eigenvalue weighted by molar-refractivity contribution is -0.330. The minimum absolute atomic E-state index is 0.0178. The topological polar surface area (TPSA) is 49.9 Å². The summed E-state index contributed by atoms with van der Waals surface area (Å²) in [5.41, 5.74) is 0.581. The molecule has 5 unspecified atom stereocenters. The van der Waals surface area contributed by atoms with Gasteiger partial charge in [0.25, 0.3) is 0 Å². The van der Waals surface area contributed by atoms with Crippen molar-refractivity contribution in [3.05, 3.63) is 35.9 Å². The molecule has 2 fully saturated rings. The molecule has 5 heteroatoms. The Kier molecular flexibility index (Phi) is 6.21. The Morgan fingerprint density at radius 1 is 1.07 bits per heavy atom. The van der Waals surface area contributed by atoms with Crippen molar-refractivity contribution in [1.82, 2.24) is 9.96 Å². The lowest BCUT2D eigenvalue weighted by Gasteiger charge is -2.60. The summed E-state index contributed by atoms with van der Waals surface area (Å²) in [5.74, 6) is 0.0765. The van der Waals surface area contributed by atoms with Crippen LogP contribution in [0.25, 0.3) is 0 Å². The Bertz CT molecular complexity index is 736. The van der Waals surface area contributed by atoms with Crippen LogP contribution in [0.4, 0.5) is 0 Å². The molecule has 2 heterocycles. The number of rotatable bonds is 6. The minimum Gasteiger partial charge on any atom is -0.290 e. The van der Waals surface area contributed by atoms with Crippen LogP contribution >= 0.6 is 0 Å². The van der Waals surface area contributed by atoms with Crippen LogP contribution in [0.1, 0.15) is 85.3 Å². The van der Waals surface area contributed by atoms with Crippen molar-refractivity contribution in [2.45, 2.75) is 96.9 Å². The Balaban J connectivity index is 1.96. The molecule has 2 aliphatic rings. The molecule has 3 rings (SSSR count). The maximum atomic E-state index is 12.5. The summed E-state index contributed by atoms with van der Waals surface area (Å²) in [6.07, 6.45) is 3.10. The molecule has 0 N–H and O–H groups in total. The Morgan fingerprint density at radius 2 is 1.66 bits per heavy atom. The minimum atomic E-state index is -0.292. The van der Waals surface area contributed by atoms with E-state index >= 15 is 0 Å². The molecule has 0 radical (unpaired) electrons. The van der Waals surface area contributed by atoms with Crippen molar-refractivity contribution in [3.8, 4) is 0 Å². The maximum Gasteiger partial charge on any atom is 0.229 e. The third kappa shape index (κ3) is 3.75. The van der Waals surface area contributed by atoms with Crippen molar-refractivity contribution in [2.24, 2.45) is 5.92 Å². The summed E-state index contributed by atoms with van der Waals surface area (Å²) in [4.78, 5) is 33.3. The monoisotopic (exact) mass is 400 g/mol. The van der Waals surface area contributed by atoms with Crippen LogP contribution in [-0.2, 0) is 14.4 Å². The predicted octanol–water partition coefficient (Wildman–Crippen LogP) is 4.88. The van der Waals surface area contributed by atoms with E-state index in [0.29, 0.717) is 12.8 Å². The van der Waals surface area contributed by atoms with Gasteiger partial charge in [0.1, 0.15) is 6.10 Å². The standard InChI is InChI=1S/C24H36N2O3/c1-7-23(5)16-20(25-21(27)14-15-22(25)28)17(3)24(6,8-2)26(23)29-18(4)19-12-10-9-11-13-19/h9-13,17-18,20H,7-8,14-16H2,1-6H3. The molecule has 29 heavy (non-hydrogen) atoms. The van der Waals surface area contributed by atoms with Crippen LogP contribution in [0.15, 0.2) is 30.3 Å². The van der Waals surface area contributed by atoms with Gasteiger partial charge in [-0.3, -0.25) is 19.3 Å². The fourth-order valence-corrected chi connectivity index (χ4v) is 5.15. The highest BCUT2D eigenvalue weighted by Gasteiger charge is 2.57. The van der Waals surface area contributed by atoms with Crippen LogP contribution in [0.5, 0.6) is 0 Å². The molecule has 5 nitrogen and oxygen atoms in total. The average Bonchev–Trinajstić information content (AvgIpc) is 3.06. The van der Waals surface area contributed by atoms with Gasteiger partial charge in [-0.15, -0.1) is 0 Å². The van der Waals surface area contributed by atoms with Gasteiger partial charge in [-0.1, -0.05) is 51.1 Å². The van der Waals surface area contributed by atoms with Crippen molar-refractivity contribution in [3.63, 3.8) is 0 Å². The first-order chi connectivity index (χ1) is 13.7. The Labute approximate surface area is 175 Å². The molecule has 2 amide bonds. The number of likely N-dealkylation sites (tertiary alicyclic amines) is 1. The number of carbonyl (C=O) groups is 2. The zero-order valence-corrected chi connectivity index (χ0v) is 18.8. The maximum absolute atomic E-state index is 12.5. The van der Waals surface area contributed by atoms with Crippen molar-refractivity contribution in [1.29, 1.82) is 0 Å². The number of piperidine rings is 1. The summed E-state index contributed by atoms with van der Waals surface area (Å²) in [5, 5.41) is 2.21. The molecular formula is C24H36N2O3. The van der Waals surface area contributed by atoms with E-state index in [9.17, 15) is 9.59 Å². The van der Waals surface area contributed by atoms with Gasteiger partial charge in [-0.05, 0) is 51.5 Å². The molecule has 5 atom stereocenters. The van der Waals surface area contributed by atoms with Crippen molar-refractivity contribution in [2.75, 3.05) is 0 Å². The highest BCUT2D eigenvalue weighted by atomic mass is 16.7. The van der Waals surface area contributed by atoms with E-state index in [-0.39, 0.29) is 41.0 Å². The molecule has 2 saturated heterocycles. The Morgan fingerprint density at radius 3 is 2.17 bits per heavy atom. The second-order valence-electron chi connectivity index (χ2n) is 9.23. The fraction of sp³-hybridized carbons (Fsp3) is 0.667. The van der Waals surface area contributed by atoms with Crippen LogP contribution in [-0.4, -0.2) is 38.9 Å². The molecule has 1 aromatic carbocycles. The summed E-state index contributed by atoms with van der Waals surface area (Å²) < 4.78 is 0. The molecular weight excluding hydrogens is 364 g/mol. The van der Waals surface area contributed by atoms with Crippen molar-refractivity contribution < 1.29 is 14.4 Å². The van der Waals surface area contributed by atoms with Crippen LogP contribution < -0.4 is 0 Å². The average molecular weight is 401 g/mol. The summed E-state index contributed by atoms with van der Waals surface area (Å²) in [6.45, 7) is 13.0. The number of hydrogen-bond donors (Lipinski definition) is 0. The van der Waals surface area contributed by atoms with E-state index in [2.05, 4.69) is 58.7 Å². The zero-order valence-electron chi connectivity index (χ0n) is 18.8. The first-order valence-electron chi connectivity index (χ1n) is 11.0. The van der Waals surface area contributed by atoms with Gasteiger partial charge in [0.15, 0.2) is 0 Å². The lowest BCUT2D eigenvalue weighted by atomic mass is 9.68. The quantitative estimate of drug-likeness (QED) is 0.639. The van der Waals surface area contributed by atoms with E-state index < -0.39 is 0 Å². The highest BCUT2D eigenvalue weighted by molar-refractivity contribution is 6.02. The first kappa shape index (κ1) is 22.0. The summed E-state index contributed by atoms with van der Waals surface area (Å²) in [7, 11) is 0. The molecule has 0 bridgehead atoms. The number of amides is 2. The molecule has 0 saturated carbocycles. The second-order valence-corrected chi connectivity index (χ2v) is 9.23. The van der Waals surface area contributed by atoms with Crippen molar-refractivity contribution >= 4 is 11.8 Å². The number of nitrogens with zero attached hydrogens (tertiary/aromatic N) is 2. The van der Waals surface area contributed by atoms with Gasteiger partial charge in [0.05, 0.1) is 0 Å². The number of imide groups is 1. The molecule has 1 aromatic rings. The summed E-state index contributed by atoms with van der Waals surface area (Å²) in [6, 6.07) is 10.2. The van der Waals surface area contributed by atoms with Crippen LogP contribution in [0.2, 0.25) is 0 Å². The van der Waals surface area contributed by atoms with E-state index in [1.54, 1.807) is 4.90 Å². The number of hydroxylamine groups is 2. The SMILES string of the molecule is CCC1(C)CC(N2C(=O)CCC2=O)C(C)C(C)(CC)N1OC(C)c1ccccc1. The van der Waals surface area contributed by atoms with Gasteiger partial charge < -0.3 is 0 Å². The van der Waals surface area contributed by atoms with Gasteiger partial charge in [-0.25, -0.2) is 0 Å².